The highest BCUT2D eigenvalue weighted by Crippen LogP contribution is 2.23. The first-order chi connectivity index (χ1) is 14.1. The summed E-state index contributed by atoms with van der Waals surface area (Å²) in [6.45, 7) is 3.25. The molecule has 158 valence electrons. The highest BCUT2D eigenvalue weighted by molar-refractivity contribution is 5.97. The lowest BCUT2D eigenvalue weighted by Gasteiger charge is -2.38. The van der Waals surface area contributed by atoms with E-state index in [1.165, 1.54) is 7.11 Å². The zero-order valence-electron chi connectivity index (χ0n) is 16.8. The van der Waals surface area contributed by atoms with E-state index in [1.54, 1.807) is 34.1 Å². The molecule has 0 spiro atoms. The molecule has 2 aliphatic heterocycles. The Morgan fingerprint density at radius 3 is 2.34 bits per heavy atom. The van der Waals surface area contributed by atoms with Crippen LogP contribution in [-0.2, 0) is 19.1 Å². The van der Waals surface area contributed by atoms with Crippen molar-refractivity contribution in [3.8, 4) is 0 Å². The molecule has 1 aromatic rings. The Morgan fingerprint density at radius 1 is 1.07 bits per heavy atom. The summed E-state index contributed by atoms with van der Waals surface area (Å²) in [5, 5.41) is 2.97. The van der Waals surface area contributed by atoms with Crippen molar-refractivity contribution < 1.29 is 23.9 Å². The van der Waals surface area contributed by atoms with Crippen LogP contribution in [0.2, 0.25) is 0 Å². The van der Waals surface area contributed by atoms with Crippen molar-refractivity contribution in [2.45, 2.75) is 18.9 Å². The molecule has 8 nitrogen and oxygen atoms in total. The Morgan fingerprint density at radius 2 is 1.72 bits per heavy atom. The van der Waals surface area contributed by atoms with E-state index in [4.69, 9.17) is 9.47 Å². The predicted octanol–water partition coefficient (Wildman–Crippen LogP) is 0.529. The predicted molar refractivity (Wildman–Crippen MR) is 106 cm³/mol. The molecule has 0 aliphatic carbocycles. The van der Waals surface area contributed by atoms with Crippen LogP contribution < -0.4 is 5.32 Å². The van der Waals surface area contributed by atoms with Crippen molar-refractivity contribution in [2.24, 2.45) is 5.92 Å². The van der Waals surface area contributed by atoms with E-state index in [9.17, 15) is 14.4 Å². The van der Waals surface area contributed by atoms with Crippen LogP contribution in [0.4, 0.5) is 0 Å². The van der Waals surface area contributed by atoms with Gasteiger partial charge < -0.3 is 24.6 Å². The van der Waals surface area contributed by atoms with Crippen molar-refractivity contribution >= 4 is 17.7 Å². The van der Waals surface area contributed by atoms with Crippen LogP contribution in [0.25, 0.3) is 0 Å². The molecule has 0 saturated carbocycles. The number of nitrogens with one attached hydrogen (secondary N) is 1. The van der Waals surface area contributed by atoms with E-state index < -0.39 is 6.04 Å². The number of rotatable bonds is 6. The molecule has 1 aromatic carbocycles. The molecule has 1 N–H and O–H groups in total. The van der Waals surface area contributed by atoms with Crippen LogP contribution >= 0.6 is 0 Å². The molecular formula is C21H29N3O5. The Balaban J connectivity index is 1.70. The number of ether oxygens (including phenoxy) is 2. The number of likely N-dealkylation sites (tertiary alicyclic amines) is 1. The zero-order valence-corrected chi connectivity index (χ0v) is 16.8. The number of morpholine rings is 1. The van der Waals surface area contributed by atoms with Crippen molar-refractivity contribution in [1.29, 1.82) is 0 Å². The van der Waals surface area contributed by atoms with Crippen LogP contribution in [0.1, 0.15) is 23.2 Å². The maximum Gasteiger partial charge on any atom is 0.251 e. The molecule has 8 heteroatoms. The van der Waals surface area contributed by atoms with E-state index >= 15 is 0 Å². The van der Waals surface area contributed by atoms with Gasteiger partial charge in [-0.05, 0) is 30.9 Å². The molecular weight excluding hydrogens is 374 g/mol. The molecule has 0 radical (unpaired) electrons. The lowest BCUT2D eigenvalue weighted by molar-refractivity contribution is -0.140. The van der Waals surface area contributed by atoms with E-state index in [-0.39, 0.29) is 30.2 Å². The molecule has 3 amide bonds. The number of carbonyl (C=O) groups is 3. The van der Waals surface area contributed by atoms with Crippen molar-refractivity contribution in [3.63, 3.8) is 0 Å². The molecule has 2 fully saturated rings. The standard InChI is InChI=1S/C21H29N3O5/c1-28-15-18(25)23-9-7-16(8-10-23)19(21(27)24-11-13-29-14-12-24)22-20(26)17-5-3-2-4-6-17/h2-6,16,19H,7-15H2,1H3,(H,22,26). The number of carbonyl (C=O) groups excluding carboxylic acids is 3. The topological polar surface area (TPSA) is 88.2 Å². The van der Waals surface area contributed by atoms with E-state index in [0.29, 0.717) is 57.8 Å². The van der Waals surface area contributed by atoms with E-state index in [1.807, 2.05) is 6.07 Å². The quantitative estimate of drug-likeness (QED) is 0.749. The van der Waals surface area contributed by atoms with Gasteiger partial charge in [-0.15, -0.1) is 0 Å². The number of nitrogens with zero attached hydrogens (tertiary/aromatic N) is 2. The van der Waals surface area contributed by atoms with Gasteiger partial charge in [0.05, 0.1) is 13.2 Å². The summed E-state index contributed by atoms with van der Waals surface area (Å²) in [4.78, 5) is 41.6. The van der Waals surface area contributed by atoms with Gasteiger partial charge in [-0.2, -0.15) is 0 Å². The van der Waals surface area contributed by atoms with Gasteiger partial charge in [0.15, 0.2) is 0 Å². The maximum absolute atomic E-state index is 13.2. The molecule has 2 heterocycles. The number of hydrogen-bond acceptors (Lipinski definition) is 5. The van der Waals surface area contributed by atoms with E-state index in [0.717, 1.165) is 0 Å². The number of piperidine rings is 1. The first-order valence-corrected chi connectivity index (χ1v) is 10.1. The number of hydrogen-bond donors (Lipinski definition) is 1. The van der Waals surface area contributed by atoms with Gasteiger partial charge in [0.1, 0.15) is 12.6 Å². The third-order valence-corrected chi connectivity index (χ3v) is 5.54. The normalized spacial score (nSPS) is 18.9. The first-order valence-electron chi connectivity index (χ1n) is 10.1. The number of methoxy groups -OCH3 is 1. The second-order valence-corrected chi connectivity index (χ2v) is 7.41. The van der Waals surface area contributed by atoms with Gasteiger partial charge >= 0.3 is 0 Å². The van der Waals surface area contributed by atoms with Gasteiger partial charge in [-0.3, -0.25) is 14.4 Å². The fraction of sp³-hybridized carbons (Fsp3) is 0.571. The third kappa shape index (κ3) is 5.55. The Hall–Kier alpha value is -2.45. The monoisotopic (exact) mass is 403 g/mol. The van der Waals surface area contributed by atoms with Crippen LogP contribution in [0, 0.1) is 5.92 Å². The summed E-state index contributed by atoms with van der Waals surface area (Å²) >= 11 is 0. The lowest BCUT2D eigenvalue weighted by atomic mass is 9.88. The van der Waals surface area contributed by atoms with Gasteiger partial charge in [0.2, 0.25) is 11.8 Å². The smallest absolute Gasteiger partial charge is 0.251 e. The average molecular weight is 403 g/mol. The fourth-order valence-electron chi connectivity index (χ4n) is 3.87. The van der Waals surface area contributed by atoms with Gasteiger partial charge in [0.25, 0.3) is 5.91 Å². The molecule has 3 rings (SSSR count). The van der Waals surface area contributed by atoms with Crippen LogP contribution in [0.5, 0.6) is 0 Å². The van der Waals surface area contributed by atoms with Crippen LogP contribution in [-0.4, -0.2) is 86.7 Å². The third-order valence-electron chi connectivity index (χ3n) is 5.54. The van der Waals surface area contributed by atoms with E-state index in [2.05, 4.69) is 5.32 Å². The first kappa shape index (κ1) is 21.3. The second kappa shape index (κ2) is 10.4. The minimum atomic E-state index is -0.611. The van der Waals surface area contributed by atoms with Crippen LogP contribution in [0.3, 0.4) is 0 Å². The summed E-state index contributed by atoms with van der Waals surface area (Å²) in [5.74, 6) is -0.394. The lowest BCUT2D eigenvalue weighted by Crippen LogP contribution is -2.56. The van der Waals surface area contributed by atoms with Gasteiger partial charge in [-0.25, -0.2) is 0 Å². The fourth-order valence-corrected chi connectivity index (χ4v) is 3.87. The second-order valence-electron chi connectivity index (χ2n) is 7.41. The highest BCUT2D eigenvalue weighted by atomic mass is 16.5. The SMILES string of the molecule is COCC(=O)N1CCC(C(NC(=O)c2ccccc2)C(=O)N2CCOCC2)CC1. The summed E-state index contributed by atoms with van der Waals surface area (Å²) in [5.41, 5.74) is 0.528. The number of benzene rings is 1. The molecule has 2 saturated heterocycles. The molecule has 1 atom stereocenters. The molecule has 29 heavy (non-hydrogen) atoms. The minimum absolute atomic E-state index is 0.0235. The van der Waals surface area contributed by atoms with Crippen molar-refractivity contribution in [3.05, 3.63) is 35.9 Å². The summed E-state index contributed by atoms with van der Waals surface area (Å²) in [7, 11) is 1.50. The molecule has 0 aromatic heterocycles. The maximum atomic E-state index is 13.2. The molecule has 2 aliphatic rings. The zero-order chi connectivity index (χ0) is 20.6. The van der Waals surface area contributed by atoms with Gasteiger partial charge in [0, 0.05) is 38.9 Å². The summed E-state index contributed by atoms with van der Waals surface area (Å²) in [6, 6.07) is 8.30. The number of amides is 3. The Bertz CT molecular complexity index is 698. The highest BCUT2D eigenvalue weighted by Gasteiger charge is 2.36. The van der Waals surface area contributed by atoms with Gasteiger partial charge in [-0.1, -0.05) is 18.2 Å². The minimum Gasteiger partial charge on any atom is -0.378 e. The van der Waals surface area contributed by atoms with Crippen molar-refractivity contribution in [1.82, 2.24) is 15.1 Å². The summed E-state index contributed by atoms with van der Waals surface area (Å²) in [6.07, 6.45) is 1.32. The molecule has 0 bridgehead atoms. The summed E-state index contributed by atoms with van der Waals surface area (Å²) < 4.78 is 10.3. The molecule has 1 unspecified atom stereocenters. The average Bonchev–Trinajstić information content (AvgIpc) is 2.78. The largest absolute Gasteiger partial charge is 0.378 e. The van der Waals surface area contributed by atoms with Crippen LogP contribution in [0.15, 0.2) is 30.3 Å². The van der Waals surface area contributed by atoms with Crippen molar-refractivity contribution in [2.75, 3.05) is 53.1 Å². The Labute approximate surface area is 171 Å². The Kier molecular flexibility index (Phi) is 7.60.